The van der Waals surface area contributed by atoms with Crippen molar-refractivity contribution in [2.75, 3.05) is 0 Å². The minimum atomic E-state index is -0.336. The third-order valence-electron chi connectivity index (χ3n) is 3.31. The number of rotatable bonds is 3. The van der Waals surface area contributed by atoms with Gasteiger partial charge in [0.2, 0.25) is 0 Å². The zero-order valence-electron chi connectivity index (χ0n) is 9.63. The molecule has 0 amide bonds. The van der Waals surface area contributed by atoms with Gasteiger partial charge in [-0.1, -0.05) is 23.7 Å². The molecule has 1 saturated carbocycles. The van der Waals surface area contributed by atoms with Crippen molar-refractivity contribution in [1.29, 1.82) is 0 Å². The Kier molecular flexibility index (Phi) is 4.37. The Morgan fingerprint density at radius 3 is 2.71 bits per heavy atom. The fourth-order valence-corrected chi connectivity index (χ4v) is 2.41. The van der Waals surface area contributed by atoms with Crippen LogP contribution >= 0.6 is 11.6 Å². The van der Waals surface area contributed by atoms with Crippen LogP contribution in [-0.2, 0) is 6.54 Å². The van der Waals surface area contributed by atoms with Crippen molar-refractivity contribution in [2.24, 2.45) is 0 Å². The van der Waals surface area contributed by atoms with E-state index in [1.807, 2.05) is 0 Å². The van der Waals surface area contributed by atoms with Gasteiger partial charge in [-0.2, -0.15) is 0 Å². The van der Waals surface area contributed by atoms with Gasteiger partial charge in [0.05, 0.1) is 11.1 Å². The molecule has 17 heavy (non-hydrogen) atoms. The minimum absolute atomic E-state index is 0.157. The van der Waals surface area contributed by atoms with Crippen molar-refractivity contribution in [3.05, 3.63) is 34.6 Å². The second kappa shape index (κ2) is 5.80. The number of benzene rings is 1. The lowest BCUT2D eigenvalue weighted by Gasteiger charge is -2.26. The highest BCUT2D eigenvalue weighted by atomic mass is 35.5. The van der Waals surface area contributed by atoms with Crippen molar-refractivity contribution in [1.82, 2.24) is 5.32 Å². The molecule has 1 fully saturated rings. The largest absolute Gasteiger partial charge is 0.393 e. The molecule has 4 heteroatoms. The van der Waals surface area contributed by atoms with Crippen LogP contribution in [0.1, 0.15) is 31.2 Å². The van der Waals surface area contributed by atoms with Crippen LogP contribution in [0.4, 0.5) is 4.39 Å². The summed E-state index contributed by atoms with van der Waals surface area (Å²) in [5.74, 6) is -0.336. The van der Waals surface area contributed by atoms with Crippen LogP contribution in [0.5, 0.6) is 0 Å². The van der Waals surface area contributed by atoms with Gasteiger partial charge in [0.1, 0.15) is 5.82 Å². The molecule has 0 heterocycles. The average molecular weight is 258 g/mol. The first-order chi connectivity index (χ1) is 8.16. The van der Waals surface area contributed by atoms with Crippen LogP contribution in [-0.4, -0.2) is 17.3 Å². The topological polar surface area (TPSA) is 32.3 Å². The standard InChI is InChI=1S/C13H17ClFNO/c14-12-3-1-2-9(13(12)15)8-16-10-4-6-11(17)7-5-10/h1-3,10-11,16-17H,4-8H2. The van der Waals surface area contributed by atoms with Crippen molar-refractivity contribution in [3.8, 4) is 0 Å². The van der Waals surface area contributed by atoms with E-state index in [1.165, 1.54) is 0 Å². The molecule has 2 nitrogen and oxygen atoms in total. The summed E-state index contributed by atoms with van der Waals surface area (Å²) in [5, 5.41) is 12.9. The minimum Gasteiger partial charge on any atom is -0.393 e. The first kappa shape index (κ1) is 12.8. The van der Waals surface area contributed by atoms with Crippen molar-refractivity contribution < 1.29 is 9.50 Å². The highest BCUT2D eigenvalue weighted by molar-refractivity contribution is 6.30. The molecular weight excluding hydrogens is 241 g/mol. The molecule has 1 aromatic rings. The average Bonchev–Trinajstić information content (AvgIpc) is 2.33. The van der Waals surface area contributed by atoms with Gasteiger partial charge < -0.3 is 10.4 Å². The number of hydrogen-bond acceptors (Lipinski definition) is 2. The summed E-state index contributed by atoms with van der Waals surface area (Å²) in [6.07, 6.45) is 3.40. The van der Waals surface area contributed by atoms with E-state index >= 15 is 0 Å². The molecule has 0 saturated heterocycles. The molecule has 0 radical (unpaired) electrons. The van der Waals surface area contributed by atoms with Gasteiger partial charge in [0, 0.05) is 18.2 Å². The fourth-order valence-electron chi connectivity index (χ4n) is 2.22. The molecule has 0 bridgehead atoms. The maximum atomic E-state index is 13.6. The Hall–Kier alpha value is -0.640. The number of aliphatic hydroxyl groups is 1. The molecule has 94 valence electrons. The van der Waals surface area contributed by atoms with Gasteiger partial charge in [0.15, 0.2) is 0 Å². The highest BCUT2D eigenvalue weighted by Gasteiger charge is 2.19. The smallest absolute Gasteiger partial charge is 0.146 e. The zero-order chi connectivity index (χ0) is 12.3. The molecule has 1 aliphatic carbocycles. The molecule has 0 aliphatic heterocycles. The SMILES string of the molecule is OC1CCC(NCc2cccc(Cl)c2F)CC1. The van der Waals surface area contributed by atoms with E-state index < -0.39 is 0 Å². The lowest BCUT2D eigenvalue weighted by Crippen LogP contribution is -2.34. The Bertz CT molecular complexity index is 378. The molecule has 2 N–H and O–H groups in total. The van der Waals surface area contributed by atoms with E-state index in [0.29, 0.717) is 18.2 Å². The summed E-state index contributed by atoms with van der Waals surface area (Å²) in [4.78, 5) is 0. The predicted molar refractivity (Wildman–Crippen MR) is 66.5 cm³/mol. The van der Waals surface area contributed by atoms with Gasteiger partial charge in [-0.15, -0.1) is 0 Å². The van der Waals surface area contributed by atoms with E-state index in [9.17, 15) is 9.50 Å². The van der Waals surface area contributed by atoms with Gasteiger partial charge in [0.25, 0.3) is 0 Å². The second-order valence-corrected chi connectivity index (χ2v) is 5.01. The Balaban J connectivity index is 1.87. The van der Waals surface area contributed by atoms with Crippen LogP contribution in [0.15, 0.2) is 18.2 Å². The number of hydrogen-bond donors (Lipinski definition) is 2. The van der Waals surface area contributed by atoms with Crippen LogP contribution in [0.3, 0.4) is 0 Å². The van der Waals surface area contributed by atoms with Crippen molar-refractivity contribution in [3.63, 3.8) is 0 Å². The monoisotopic (exact) mass is 257 g/mol. The van der Waals surface area contributed by atoms with Crippen LogP contribution in [0.2, 0.25) is 5.02 Å². The Morgan fingerprint density at radius 1 is 1.29 bits per heavy atom. The van der Waals surface area contributed by atoms with Gasteiger partial charge in [-0.05, 0) is 31.7 Å². The quantitative estimate of drug-likeness (QED) is 0.873. The Labute approximate surface area is 106 Å². The van der Waals surface area contributed by atoms with Crippen molar-refractivity contribution >= 4 is 11.6 Å². The summed E-state index contributed by atoms with van der Waals surface area (Å²) >= 11 is 5.72. The molecule has 1 aromatic carbocycles. The first-order valence-corrected chi connectivity index (χ1v) is 6.39. The van der Waals surface area contributed by atoms with Gasteiger partial charge in [-0.3, -0.25) is 0 Å². The Morgan fingerprint density at radius 2 is 2.00 bits per heavy atom. The number of nitrogens with one attached hydrogen (secondary N) is 1. The van der Waals surface area contributed by atoms with Crippen LogP contribution in [0.25, 0.3) is 0 Å². The molecule has 0 atom stereocenters. The summed E-state index contributed by atoms with van der Waals surface area (Å²) in [6, 6.07) is 5.42. The molecule has 0 spiro atoms. The van der Waals surface area contributed by atoms with E-state index in [-0.39, 0.29) is 16.9 Å². The summed E-state index contributed by atoms with van der Waals surface area (Å²) in [6.45, 7) is 0.493. The van der Waals surface area contributed by atoms with E-state index in [1.54, 1.807) is 18.2 Å². The zero-order valence-corrected chi connectivity index (χ0v) is 10.4. The molecule has 0 aromatic heterocycles. The molecular formula is C13H17ClFNO. The molecule has 0 unspecified atom stereocenters. The van der Waals surface area contributed by atoms with Crippen molar-refractivity contribution in [2.45, 2.75) is 44.4 Å². The highest BCUT2D eigenvalue weighted by Crippen LogP contribution is 2.21. The number of aliphatic hydroxyl groups excluding tert-OH is 1. The summed E-state index contributed by atoms with van der Waals surface area (Å²) < 4.78 is 13.6. The second-order valence-electron chi connectivity index (χ2n) is 4.60. The summed E-state index contributed by atoms with van der Waals surface area (Å²) in [5.41, 5.74) is 0.601. The maximum Gasteiger partial charge on any atom is 0.146 e. The third kappa shape index (κ3) is 3.41. The van der Waals surface area contributed by atoms with Gasteiger partial charge >= 0.3 is 0 Å². The van der Waals surface area contributed by atoms with Crippen LogP contribution < -0.4 is 5.32 Å². The van der Waals surface area contributed by atoms with E-state index in [4.69, 9.17) is 11.6 Å². The lowest BCUT2D eigenvalue weighted by atomic mass is 9.93. The predicted octanol–water partition coefficient (Wildman–Crippen LogP) is 2.87. The molecule has 2 rings (SSSR count). The first-order valence-electron chi connectivity index (χ1n) is 6.01. The molecule has 1 aliphatic rings. The van der Waals surface area contributed by atoms with Crippen LogP contribution in [0, 0.1) is 5.82 Å². The summed E-state index contributed by atoms with van der Waals surface area (Å²) in [7, 11) is 0. The fraction of sp³-hybridized carbons (Fsp3) is 0.538. The number of halogens is 2. The van der Waals surface area contributed by atoms with E-state index in [0.717, 1.165) is 25.7 Å². The third-order valence-corrected chi connectivity index (χ3v) is 3.60. The maximum absolute atomic E-state index is 13.6. The normalized spacial score (nSPS) is 24.9. The lowest BCUT2D eigenvalue weighted by molar-refractivity contribution is 0.116. The van der Waals surface area contributed by atoms with Gasteiger partial charge in [-0.25, -0.2) is 4.39 Å². The van der Waals surface area contributed by atoms with E-state index in [2.05, 4.69) is 5.32 Å².